The van der Waals surface area contributed by atoms with Crippen LogP contribution in [0.3, 0.4) is 0 Å². The molecule has 0 saturated carbocycles. The Hall–Kier alpha value is -2.32. The number of H-pyrrole nitrogens is 1. The number of nitrogens with one attached hydrogen (secondary N) is 2. The Labute approximate surface area is 175 Å². The van der Waals surface area contributed by atoms with Crippen LogP contribution in [0.25, 0.3) is 0 Å². The molecule has 1 amide bonds. The largest absolute Gasteiger partial charge is 0.369 e. The molecule has 0 radical (unpaired) electrons. The number of piperazine rings is 1. The van der Waals surface area contributed by atoms with Gasteiger partial charge in [0.1, 0.15) is 0 Å². The number of likely N-dealkylation sites (N-methyl/N-ethyl adjacent to an activating group) is 1. The van der Waals surface area contributed by atoms with Gasteiger partial charge in [-0.1, -0.05) is 30.0 Å². The zero-order chi connectivity index (χ0) is 20.8. The molecule has 0 unspecified atom stereocenters. The molecule has 1 saturated heterocycles. The van der Waals surface area contributed by atoms with Gasteiger partial charge in [-0.3, -0.25) is 9.59 Å². The molecule has 1 aromatic carbocycles. The highest BCUT2D eigenvalue weighted by Crippen LogP contribution is 2.21. The van der Waals surface area contributed by atoms with Gasteiger partial charge < -0.3 is 20.1 Å². The van der Waals surface area contributed by atoms with Gasteiger partial charge in [-0.15, -0.1) is 0 Å². The Kier molecular flexibility index (Phi) is 7.33. The highest BCUT2D eigenvalue weighted by atomic mass is 32.2. The number of carbonyl (C=O) groups is 1. The maximum absolute atomic E-state index is 12.4. The molecule has 1 aromatic heterocycles. The third kappa shape index (κ3) is 5.61. The third-order valence-corrected chi connectivity index (χ3v) is 5.89. The van der Waals surface area contributed by atoms with Crippen molar-refractivity contribution in [2.24, 2.45) is 0 Å². The fourth-order valence-corrected chi connectivity index (χ4v) is 3.94. The fourth-order valence-electron chi connectivity index (χ4n) is 3.51. The minimum atomic E-state index is -0.157. The van der Waals surface area contributed by atoms with Gasteiger partial charge in [-0.2, -0.15) is 0 Å². The van der Waals surface area contributed by atoms with Gasteiger partial charge in [-0.05, 0) is 38.3 Å². The van der Waals surface area contributed by atoms with Gasteiger partial charge >= 0.3 is 0 Å². The van der Waals surface area contributed by atoms with Crippen LogP contribution in [0.2, 0.25) is 0 Å². The molecule has 2 heterocycles. The number of benzene rings is 1. The van der Waals surface area contributed by atoms with E-state index >= 15 is 0 Å². The smallest absolute Gasteiger partial charge is 0.254 e. The second-order valence-electron chi connectivity index (χ2n) is 7.33. The molecule has 0 spiro atoms. The fraction of sp³-hybridized carbons (Fsp3) is 0.476. The maximum atomic E-state index is 12.4. The molecule has 8 heteroatoms. The molecule has 156 valence electrons. The average Bonchev–Trinajstić information content (AvgIpc) is 2.72. The van der Waals surface area contributed by atoms with E-state index in [1.807, 2.05) is 25.3 Å². The van der Waals surface area contributed by atoms with E-state index in [1.165, 1.54) is 17.4 Å². The summed E-state index contributed by atoms with van der Waals surface area (Å²) in [5.74, 6) is -0.0640. The lowest BCUT2D eigenvalue weighted by molar-refractivity contribution is -0.121. The molecular weight excluding hydrogens is 386 g/mol. The molecule has 0 bridgehead atoms. The van der Waals surface area contributed by atoms with Crippen LogP contribution in [0.4, 0.5) is 5.69 Å². The summed E-state index contributed by atoms with van der Waals surface area (Å²) >= 11 is 1.40. The molecule has 1 fully saturated rings. The molecule has 7 nitrogen and oxygen atoms in total. The first kappa shape index (κ1) is 21.4. The van der Waals surface area contributed by atoms with Gasteiger partial charge in [0.25, 0.3) is 5.56 Å². The first-order chi connectivity index (χ1) is 14.0. The highest BCUT2D eigenvalue weighted by molar-refractivity contribution is 7.98. The number of hydrogen-bond acceptors (Lipinski definition) is 6. The van der Waals surface area contributed by atoms with Crippen LogP contribution in [-0.4, -0.2) is 60.3 Å². The summed E-state index contributed by atoms with van der Waals surface area (Å²) < 4.78 is 0. The topological polar surface area (TPSA) is 81.3 Å². The average molecular weight is 416 g/mol. The number of thioether (sulfide) groups is 1. The summed E-state index contributed by atoms with van der Waals surface area (Å²) in [5, 5.41) is 3.60. The van der Waals surface area contributed by atoms with Crippen molar-refractivity contribution in [2.75, 3.05) is 44.4 Å². The van der Waals surface area contributed by atoms with Crippen LogP contribution in [-0.2, 0) is 17.8 Å². The Bertz CT molecular complexity index is 906. The Morgan fingerprint density at radius 3 is 2.66 bits per heavy atom. The quantitative estimate of drug-likeness (QED) is 0.530. The number of para-hydroxylation sites is 1. The zero-order valence-electron chi connectivity index (χ0n) is 17.3. The Morgan fingerprint density at radius 1 is 1.24 bits per heavy atom. The van der Waals surface area contributed by atoms with Crippen molar-refractivity contribution in [3.8, 4) is 0 Å². The van der Waals surface area contributed by atoms with Crippen molar-refractivity contribution in [2.45, 2.75) is 31.5 Å². The monoisotopic (exact) mass is 415 g/mol. The number of aromatic amines is 1. The lowest BCUT2D eigenvalue weighted by Crippen LogP contribution is -2.45. The lowest BCUT2D eigenvalue weighted by Gasteiger charge is -2.35. The Balaban J connectivity index is 1.57. The van der Waals surface area contributed by atoms with Crippen LogP contribution in [0, 0.1) is 6.92 Å². The predicted octanol–water partition coefficient (Wildman–Crippen LogP) is 1.80. The molecule has 0 aliphatic carbocycles. The maximum Gasteiger partial charge on any atom is 0.254 e. The number of amides is 1. The second-order valence-corrected chi connectivity index (χ2v) is 8.13. The lowest BCUT2D eigenvalue weighted by atomic mass is 10.1. The summed E-state index contributed by atoms with van der Waals surface area (Å²) in [7, 11) is 2.14. The van der Waals surface area contributed by atoms with E-state index in [-0.39, 0.29) is 17.9 Å². The molecule has 2 N–H and O–H groups in total. The van der Waals surface area contributed by atoms with Crippen molar-refractivity contribution in [3.63, 3.8) is 0 Å². The standard InChI is InChI=1S/C21H29N5O2S/c1-15-17(20(28)24-21(23-15)29-3)8-9-19(27)22-14-16-6-4-5-7-18(16)26-12-10-25(2)11-13-26/h4-7H,8-14H2,1-3H3,(H,22,27)(H,23,24,28). The molecule has 29 heavy (non-hydrogen) atoms. The zero-order valence-corrected chi connectivity index (χ0v) is 18.1. The minimum absolute atomic E-state index is 0.0640. The second kappa shape index (κ2) is 9.93. The first-order valence-electron chi connectivity index (χ1n) is 9.90. The van der Waals surface area contributed by atoms with E-state index in [2.05, 4.69) is 44.3 Å². The summed E-state index contributed by atoms with van der Waals surface area (Å²) in [6.45, 7) is 6.36. The van der Waals surface area contributed by atoms with Crippen LogP contribution < -0.4 is 15.8 Å². The number of nitrogens with zero attached hydrogens (tertiary/aromatic N) is 3. The third-order valence-electron chi connectivity index (χ3n) is 5.31. The normalized spacial score (nSPS) is 14.8. The number of carbonyl (C=O) groups excluding carboxylic acids is 1. The van der Waals surface area contributed by atoms with Crippen molar-refractivity contribution >= 4 is 23.4 Å². The first-order valence-corrected chi connectivity index (χ1v) is 11.1. The minimum Gasteiger partial charge on any atom is -0.369 e. The molecule has 2 aromatic rings. The molecule has 0 atom stereocenters. The van der Waals surface area contributed by atoms with E-state index in [9.17, 15) is 9.59 Å². The van der Waals surface area contributed by atoms with Gasteiger partial charge in [-0.25, -0.2) is 4.98 Å². The van der Waals surface area contributed by atoms with Crippen molar-refractivity contribution in [1.82, 2.24) is 20.2 Å². The predicted molar refractivity (Wildman–Crippen MR) is 118 cm³/mol. The van der Waals surface area contributed by atoms with E-state index in [1.54, 1.807) is 0 Å². The highest BCUT2D eigenvalue weighted by Gasteiger charge is 2.17. The molecule has 3 rings (SSSR count). The number of rotatable bonds is 7. The number of aromatic nitrogens is 2. The molecule has 1 aliphatic rings. The van der Waals surface area contributed by atoms with Crippen molar-refractivity contribution in [3.05, 3.63) is 51.4 Å². The molecular formula is C21H29N5O2S. The van der Waals surface area contributed by atoms with Gasteiger partial charge in [0.15, 0.2) is 5.16 Å². The van der Waals surface area contributed by atoms with E-state index in [0.717, 1.165) is 31.7 Å². The number of anilines is 1. The molecule has 1 aliphatic heterocycles. The van der Waals surface area contributed by atoms with Crippen molar-refractivity contribution in [1.29, 1.82) is 0 Å². The van der Waals surface area contributed by atoms with Crippen molar-refractivity contribution < 1.29 is 4.79 Å². The Morgan fingerprint density at radius 2 is 1.97 bits per heavy atom. The van der Waals surface area contributed by atoms with E-state index < -0.39 is 0 Å². The van der Waals surface area contributed by atoms with E-state index in [4.69, 9.17) is 0 Å². The number of hydrogen-bond donors (Lipinski definition) is 2. The summed E-state index contributed by atoms with van der Waals surface area (Å²) in [6.07, 6.45) is 2.51. The summed E-state index contributed by atoms with van der Waals surface area (Å²) in [6, 6.07) is 8.23. The van der Waals surface area contributed by atoms with Gasteiger partial charge in [0, 0.05) is 56.1 Å². The summed E-state index contributed by atoms with van der Waals surface area (Å²) in [4.78, 5) is 36.4. The van der Waals surface area contributed by atoms with Gasteiger partial charge in [0.2, 0.25) is 5.91 Å². The van der Waals surface area contributed by atoms with Gasteiger partial charge in [0.05, 0.1) is 0 Å². The number of aryl methyl sites for hydroxylation is 1. The van der Waals surface area contributed by atoms with Crippen LogP contribution >= 0.6 is 11.8 Å². The van der Waals surface area contributed by atoms with E-state index in [0.29, 0.717) is 29.4 Å². The SMILES string of the molecule is CSc1nc(C)c(CCC(=O)NCc2ccccc2N2CCN(C)CC2)c(=O)[nH]1. The summed E-state index contributed by atoms with van der Waals surface area (Å²) in [5.41, 5.74) is 3.41. The van der Waals surface area contributed by atoms with Crippen LogP contribution in [0.1, 0.15) is 23.2 Å². The van der Waals surface area contributed by atoms with Crippen LogP contribution in [0.15, 0.2) is 34.2 Å². The van der Waals surface area contributed by atoms with Crippen LogP contribution in [0.5, 0.6) is 0 Å².